The first-order chi connectivity index (χ1) is 26.9. The Morgan fingerprint density at radius 1 is 0.745 bits per heavy atom. The monoisotopic (exact) mass is 733 g/mol. The van der Waals surface area contributed by atoms with Crippen molar-refractivity contribution in [2.75, 3.05) is 18.9 Å². The van der Waals surface area contributed by atoms with Crippen LogP contribution in [0, 0.1) is 0 Å². The van der Waals surface area contributed by atoms with E-state index in [2.05, 4.69) is 90.2 Å². The Bertz CT molecular complexity index is 2110. The van der Waals surface area contributed by atoms with Crippen LogP contribution in [0.15, 0.2) is 158 Å². The highest BCUT2D eigenvalue weighted by atomic mass is 16.7. The molecule has 0 spiro atoms. The average Bonchev–Trinajstić information content (AvgIpc) is 3.24. The van der Waals surface area contributed by atoms with Crippen LogP contribution in [0.4, 0.5) is 10.5 Å². The highest BCUT2D eigenvalue weighted by molar-refractivity contribution is 5.89. The number of amides is 2. The molecule has 0 saturated carbocycles. The Morgan fingerprint density at radius 2 is 1.42 bits per heavy atom. The van der Waals surface area contributed by atoms with Gasteiger partial charge in [0.05, 0.1) is 18.8 Å². The predicted octanol–water partition coefficient (Wildman–Crippen LogP) is 10.2. The van der Waals surface area contributed by atoms with Crippen LogP contribution < -0.4 is 15.4 Å². The van der Waals surface area contributed by atoms with E-state index < -0.39 is 6.29 Å². The van der Waals surface area contributed by atoms with Gasteiger partial charge in [0.15, 0.2) is 6.29 Å². The summed E-state index contributed by atoms with van der Waals surface area (Å²) in [6, 6.07) is 51.8. The van der Waals surface area contributed by atoms with Crippen LogP contribution in [-0.4, -0.2) is 35.7 Å². The predicted molar refractivity (Wildman–Crippen MR) is 217 cm³/mol. The number of hydrogen-bond donors (Lipinski definition) is 3. The maximum Gasteiger partial charge on any atom is 0.319 e. The fraction of sp³-hybridized carbons (Fsp3) is 0.213. The van der Waals surface area contributed by atoms with E-state index in [-0.39, 0.29) is 30.9 Å². The van der Waals surface area contributed by atoms with Crippen molar-refractivity contribution >= 4 is 11.7 Å². The number of aliphatic hydroxyl groups excluding tert-OH is 1. The van der Waals surface area contributed by atoms with Gasteiger partial charge in [-0.1, -0.05) is 115 Å². The molecular weight excluding hydrogens is 687 g/mol. The van der Waals surface area contributed by atoms with Crippen molar-refractivity contribution in [2.45, 2.75) is 51.0 Å². The second-order valence-corrected chi connectivity index (χ2v) is 13.9. The lowest BCUT2D eigenvalue weighted by Crippen LogP contribution is -2.38. The summed E-state index contributed by atoms with van der Waals surface area (Å²) in [4.78, 5) is 15.1. The molecule has 0 radical (unpaired) electrons. The highest BCUT2D eigenvalue weighted by Gasteiger charge is 2.33. The largest absolute Gasteiger partial charge is 0.457 e. The van der Waals surface area contributed by atoms with E-state index in [0.29, 0.717) is 24.4 Å². The number of benzene rings is 6. The van der Waals surface area contributed by atoms with Gasteiger partial charge in [-0.05, 0) is 89.8 Å². The Kier molecular flexibility index (Phi) is 12.3. The first kappa shape index (κ1) is 37.5. The molecule has 4 atom stereocenters. The van der Waals surface area contributed by atoms with Gasteiger partial charge < -0.3 is 30.0 Å². The Labute approximate surface area is 323 Å². The third kappa shape index (κ3) is 10.1. The SMILES string of the molecule is C[C@@H](c1ccccc1)N(C)C[C@H]1C[C@@H](c2ccc(CO)cc2)O[C@@H](c2ccc(-c3cccc(CNC(=O)Nc4ccc(Oc5ccccc5)cc4)c3)cc2)O1. The highest BCUT2D eigenvalue weighted by Crippen LogP contribution is 2.39. The molecule has 0 aromatic heterocycles. The molecule has 55 heavy (non-hydrogen) atoms. The van der Waals surface area contributed by atoms with E-state index in [1.165, 1.54) is 5.56 Å². The number of carbonyl (C=O) groups is 1. The molecule has 1 fully saturated rings. The first-order valence-electron chi connectivity index (χ1n) is 18.7. The first-order valence-corrected chi connectivity index (χ1v) is 18.7. The lowest BCUT2D eigenvalue weighted by molar-refractivity contribution is -0.253. The van der Waals surface area contributed by atoms with Crippen LogP contribution in [0.2, 0.25) is 0 Å². The number of likely N-dealkylation sites (N-methyl/N-ethyl adjacent to an activating group) is 1. The van der Waals surface area contributed by atoms with Crippen molar-refractivity contribution in [3.8, 4) is 22.6 Å². The molecule has 280 valence electrons. The number of para-hydroxylation sites is 1. The van der Waals surface area contributed by atoms with E-state index >= 15 is 0 Å². The quantitative estimate of drug-likeness (QED) is 0.109. The number of aliphatic hydroxyl groups is 1. The zero-order valence-corrected chi connectivity index (χ0v) is 31.2. The van der Waals surface area contributed by atoms with Crippen LogP contribution in [0.3, 0.4) is 0 Å². The van der Waals surface area contributed by atoms with E-state index in [0.717, 1.165) is 45.7 Å². The lowest BCUT2D eigenvalue weighted by Gasteiger charge is -2.39. The van der Waals surface area contributed by atoms with Gasteiger partial charge in [0.25, 0.3) is 0 Å². The second kappa shape index (κ2) is 18.0. The number of nitrogens with one attached hydrogen (secondary N) is 2. The summed E-state index contributed by atoms with van der Waals surface area (Å²) in [7, 11) is 2.14. The maximum atomic E-state index is 12.7. The van der Waals surface area contributed by atoms with Crippen LogP contribution >= 0.6 is 0 Å². The molecular formula is C47H47N3O5. The van der Waals surface area contributed by atoms with Crippen LogP contribution in [0.5, 0.6) is 11.5 Å². The van der Waals surface area contributed by atoms with E-state index in [4.69, 9.17) is 14.2 Å². The smallest absolute Gasteiger partial charge is 0.319 e. The molecule has 0 bridgehead atoms. The summed E-state index contributed by atoms with van der Waals surface area (Å²) in [5, 5.41) is 15.4. The van der Waals surface area contributed by atoms with Crippen LogP contribution in [0.1, 0.15) is 59.6 Å². The van der Waals surface area contributed by atoms with Crippen LogP contribution in [0.25, 0.3) is 11.1 Å². The Balaban J connectivity index is 0.982. The molecule has 3 N–H and O–H groups in total. The standard InChI is InChI=1S/C47H47N3O5/c1-33(36-11-5-3-6-12-36)50(2)31-44-29-45(38-18-16-34(32-51)17-19-38)55-46(54-44)39-22-20-37(21-23-39)40-13-9-10-35(28-40)30-48-47(52)49-41-24-26-43(27-25-41)53-42-14-7-4-8-15-42/h3-28,33,44-46,51H,29-32H2,1-2H3,(H2,48,49,52)/t33-,44+,45-,46-/m0/s1. The molecule has 6 aromatic carbocycles. The number of hydrogen-bond acceptors (Lipinski definition) is 6. The van der Waals surface area contributed by atoms with Gasteiger partial charge in [-0.15, -0.1) is 0 Å². The summed E-state index contributed by atoms with van der Waals surface area (Å²) >= 11 is 0. The van der Waals surface area contributed by atoms with Gasteiger partial charge in [0.1, 0.15) is 11.5 Å². The van der Waals surface area contributed by atoms with E-state index in [1.54, 1.807) is 0 Å². The zero-order chi connectivity index (χ0) is 38.0. The van der Waals surface area contributed by atoms with Gasteiger partial charge in [0, 0.05) is 36.8 Å². The Hall–Kier alpha value is -5.77. The zero-order valence-electron chi connectivity index (χ0n) is 31.2. The number of nitrogens with zero attached hydrogens (tertiary/aromatic N) is 1. The molecule has 1 aliphatic rings. The van der Waals surface area contributed by atoms with Gasteiger partial charge in [0.2, 0.25) is 0 Å². The molecule has 1 saturated heterocycles. The third-order valence-corrected chi connectivity index (χ3v) is 10.0. The summed E-state index contributed by atoms with van der Waals surface area (Å²) in [5.74, 6) is 1.44. The molecule has 8 heteroatoms. The maximum absolute atomic E-state index is 12.7. The van der Waals surface area contributed by atoms with Gasteiger partial charge in [-0.2, -0.15) is 0 Å². The van der Waals surface area contributed by atoms with Crippen LogP contribution in [-0.2, 0) is 22.6 Å². The normalized spacial score (nSPS) is 17.3. The third-order valence-electron chi connectivity index (χ3n) is 10.0. The van der Waals surface area contributed by atoms with Gasteiger partial charge in [-0.25, -0.2) is 4.79 Å². The summed E-state index contributed by atoms with van der Waals surface area (Å²) in [6.45, 7) is 3.34. The van der Waals surface area contributed by atoms with Crippen molar-refractivity contribution in [2.24, 2.45) is 0 Å². The minimum absolute atomic E-state index is 0.00500. The molecule has 7 rings (SSSR count). The minimum Gasteiger partial charge on any atom is -0.457 e. The van der Waals surface area contributed by atoms with E-state index in [9.17, 15) is 9.90 Å². The second-order valence-electron chi connectivity index (χ2n) is 13.9. The van der Waals surface area contributed by atoms with Crippen molar-refractivity contribution in [1.29, 1.82) is 0 Å². The van der Waals surface area contributed by atoms with E-state index in [1.807, 2.05) is 97.1 Å². The summed E-state index contributed by atoms with van der Waals surface area (Å²) in [6.07, 6.45) is -0.0526. The number of anilines is 1. The topological polar surface area (TPSA) is 92.3 Å². The van der Waals surface area contributed by atoms with Crippen molar-refractivity contribution in [1.82, 2.24) is 10.2 Å². The summed E-state index contributed by atoms with van der Waals surface area (Å²) < 4.78 is 19.1. The molecule has 1 heterocycles. The van der Waals surface area contributed by atoms with Crippen molar-refractivity contribution < 1.29 is 24.1 Å². The van der Waals surface area contributed by atoms with Crippen molar-refractivity contribution in [3.63, 3.8) is 0 Å². The molecule has 2 amide bonds. The molecule has 0 aliphatic carbocycles. The van der Waals surface area contributed by atoms with Gasteiger partial charge in [-0.3, -0.25) is 4.90 Å². The van der Waals surface area contributed by atoms with Gasteiger partial charge >= 0.3 is 6.03 Å². The number of urea groups is 1. The molecule has 1 aliphatic heterocycles. The fourth-order valence-corrected chi connectivity index (χ4v) is 6.78. The average molecular weight is 734 g/mol. The Morgan fingerprint density at radius 3 is 2.13 bits per heavy atom. The fourth-order valence-electron chi connectivity index (χ4n) is 6.78. The molecule has 0 unspecified atom stereocenters. The summed E-state index contributed by atoms with van der Waals surface area (Å²) in [5.41, 5.74) is 7.89. The number of ether oxygens (including phenoxy) is 3. The molecule has 8 nitrogen and oxygen atoms in total. The lowest BCUT2D eigenvalue weighted by atomic mass is 9.98. The van der Waals surface area contributed by atoms with Crippen molar-refractivity contribution in [3.05, 3.63) is 186 Å². The molecule has 6 aromatic rings. The minimum atomic E-state index is -0.544. The number of carbonyl (C=O) groups excluding carboxylic acids is 1. The number of rotatable bonds is 13.